The maximum absolute atomic E-state index is 11.3. The van der Waals surface area contributed by atoms with Crippen molar-refractivity contribution in [3.05, 3.63) is 22.2 Å². The van der Waals surface area contributed by atoms with Crippen molar-refractivity contribution in [1.29, 1.82) is 0 Å². The van der Waals surface area contributed by atoms with Crippen LogP contribution in [0.15, 0.2) is 12.1 Å². The van der Waals surface area contributed by atoms with Crippen molar-refractivity contribution >= 4 is 34.8 Å². The Morgan fingerprint density at radius 1 is 1.50 bits per heavy atom. The van der Waals surface area contributed by atoms with Crippen LogP contribution in [0.1, 0.15) is 6.42 Å². The molecule has 0 atom stereocenters. The zero-order chi connectivity index (χ0) is 12.1. The number of ether oxygens (including phenoxy) is 1. The molecule has 0 bridgehead atoms. The van der Waals surface area contributed by atoms with Crippen LogP contribution in [-0.4, -0.2) is 24.7 Å². The molecule has 1 aromatic carbocycles. The molecule has 1 rings (SSSR count). The first-order valence-corrected chi connectivity index (χ1v) is 5.27. The van der Waals surface area contributed by atoms with E-state index in [4.69, 9.17) is 33.0 Å². The first kappa shape index (κ1) is 13.1. The quantitative estimate of drug-likeness (QED) is 0.877. The smallest absolute Gasteiger partial charge is 0.226 e. The number of aliphatic hydroxyl groups is 1. The summed E-state index contributed by atoms with van der Waals surface area (Å²) in [5.74, 6) is 0.0106. The Balaban J connectivity index is 2.97. The lowest BCUT2D eigenvalue weighted by molar-refractivity contribution is -0.116. The third kappa shape index (κ3) is 3.27. The summed E-state index contributed by atoms with van der Waals surface area (Å²) in [4.78, 5) is 11.3. The van der Waals surface area contributed by atoms with Gasteiger partial charge in [-0.15, -0.1) is 0 Å². The van der Waals surface area contributed by atoms with Crippen molar-refractivity contribution < 1.29 is 14.6 Å². The second kappa shape index (κ2) is 5.94. The molecular weight excluding hydrogens is 253 g/mol. The van der Waals surface area contributed by atoms with Crippen LogP contribution in [0, 0.1) is 0 Å². The minimum atomic E-state index is -0.334. The van der Waals surface area contributed by atoms with E-state index in [0.29, 0.717) is 21.5 Å². The summed E-state index contributed by atoms with van der Waals surface area (Å²) in [6.07, 6.45) is 0.00723. The molecule has 2 N–H and O–H groups in total. The highest BCUT2D eigenvalue weighted by molar-refractivity contribution is 6.36. The molecule has 0 aliphatic heterocycles. The summed E-state index contributed by atoms with van der Waals surface area (Å²) in [5.41, 5.74) is 0.387. The van der Waals surface area contributed by atoms with E-state index in [1.807, 2.05) is 0 Å². The van der Waals surface area contributed by atoms with Gasteiger partial charge in [0, 0.05) is 5.02 Å². The summed E-state index contributed by atoms with van der Waals surface area (Å²) in [7, 11) is 1.44. The van der Waals surface area contributed by atoms with Crippen molar-refractivity contribution in [3.63, 3.8) is 0 Å². The molecule has 0 fully saturated rings. The zero-order valence-electron chi connectivity index (χ0n) is 8.59. The van der Waals surface area contributed by atoms with Gasteiger partial charge in [-0.05, 0) is 12.1 Å². The van der Waals surface area contributed by atoms with E-state index in [1.54, 1.807) is 0 Å². The molecule has 88 valence electrons. The summed E-state index contributed by atoms with van der Waals surface area (Å²) in [6, 6.07) is 3.05. The Hall–Kier alpha value is -0.970. The Bertz CT molecular complexity index is 396. The molecule has 0 saturated carbocycles. The largest absolute Gasteiger partial charge is 0.493 e. The van der Waals surface area contributed by atoms with Crippen LogP contribution in [0.5, 0.6) is 5.75 Å². The van der Waals surface area contributed by atoms with E-state index in [-0.39, 0.29) is 18.9 Å². The molecule has 0 aliphatic rings. The highest BCUT2D eigenvalue weighted by Crippen LogP contribution is 2.35. The average Bonchev–Trinajstić information content (AvgIpc) is 2.17. The average molecular weight is 264 g/mol. The summed E-state index contributed by atoms with van der Waals surface area (Å²) < 4.78 is 5.04. The number of anilines is 1. The topological polar surface area (TPSA) is 58.6 Å². The van der Waals surface area contributed by atoms with Crippen LogP contribution in [-0.2, 0) is 4.79 Å². The number of carbonyl (C=O) groups excluding carboxylic acids is 1. The molecule has 1 aromatic rings. The van der Waals surface area contributed by atoms with Crippen molar-refractivity contribution in [2.45, 2.75) is 6.42 Å². The number of benzene rings is 1. The highest BCUT2D eigenvalue weighted by atomic mass is 35.5. The molecule has 6 heteroatoms. The van der Waals surface area contributed by atoms with Gasteiger partial charge in [-0.25, -0.2) is 0 Å². The molecule has 0 aromatic heterocycles. The highest BCUT2D eigenvalue weighted by Gasteiger charge is 2.12. The molecule has 0 unspecified atom stereocenters. The van der Waals surface area contributed by atoms with E-state index >= 15 is 0 Å². The standard InChI is InChI=1S/C10H11Cl2NO3/c1-16-10-7(12)4-6(11)5-8(10)13-9(15)2-3-14/h4-5,14H,2-3H2,1H3,(H,13,15). The van der Waals surface area contributed by atoms with Crippen molar-refractivity contribution in [2.75, 3.05) is 19.0 Å². The molecule has 1 amide bonds. The Labute approximate surface area is 103 Å². The van der Waals surface area contributed by atoms with Gasteiger partial charge in [0.25, 0.3) is 0 Å². The zero-order valence-corrected chi connectivity index (χ0v) is 10.1. The third-order valence-corrected chi connectivity index (χ3v) is 2.32. The second-order valence-corrected chi connectivity index (χ2v) is 3.83. The van der Waals surface area contributed by atoms with E-state index in [1.165, 1.54) is 19.2 Å². The van der Waals surface area contributed by atoms with E-state index in [9.17, 15) is 4.79 Å². The number of methoxy groups -OCH3 is 1. The predicted octanol–water partition coefficient (Wildman–Crippen LogP) is 2.32. The Morgan fingerprint density at radius 2 is 2.19 bits per heavy atom. The van der Waals surface area contributed by atoms with E-state index < -0.39 is 0 Å². The van der Waals surface area contributed by atoms with Gasteiger partial charge in [0.05, 0.1) is 30.8 Å². The van der Waals surface area contributed by atoms with Crippen LogP contribution < -0.4 is 10.1 Å². The van der Waals surface area contributed by atoms with Crippen LogP contribution in [0.25, 0.3) is 0 Å². The normalized spacial score (nSPS) is 10.0. The van der Waals surface area contributed by atoms with Gasteiger partial charge in [-0.2, -0.15) is 0 Å². The predicted molar refractivity (Wildman–Crippen MR) is 63.3 cm³/mol. The van der Waals surface area contributed by atoms with Gasteiger partial charge < -0.3 is 15.2 Å². The van der Waals surface area contributed by atoms with Crippen LogP contribution in [0.3, 0.4) is 0 Å². The molecule has 4 nitrogen and oxygen atoms in total. The first-order chi connectivity index (χ1) is 7.58. The third-order valence-electron chi connectivity index (χ3n) is 1.83. The lowest BCUT2D eigenvalue weighted by Gasteiger charge is -2.11. The number of hydrogen-bond donors (Lipinski definition) is 2. The van der Waals surface area contributed by atoms with Gasteiger partial charge in [-0.3, -0.25) is 4.79 Å². The van der Waals surface area contributed by atoms with Gasteiger partial charge in [0.2, 0.25) is 5.91 Å². The van der Waals surface area contributed by atoms with Crippen LogP contribution >= 0.6 is 23.2 Å². The Morgan fingerprint density at radius 3 is 2.75 bits per heavy atom. The van der Waals surface area contributed by atoms with Gasteiger partial charge in [0.1, 0.15) is 0 Å². The molecule has 16 heavy (non-hydrogen) atoms. The number of carbonyl (C=O) groups is 1. The Kier molecular flexibility index (Phi) is 4.86. The molecule has 0 radical (unpaired) electrons. The van der Waals surface area contributed by atoms with Gasteiger partial charge >= 0.3 is 0 Å². The molecule has 0 heterocycles. The molecule has 0 saturated heterocycles. The molecule has 0 aliphatic carbocycles. The van der Waals surface area contributed by atoms with Crippen LogP contribution in [0.4, 0.5) is 5.69 Å². The molecule has 0 spiro atoms. The van der Waals surface area contributed by atoms with Gasteiger partial charge in [-0.1, -0.05) is 23.2 Å². The fraction of sp³-hybridized carbons (Fsp3) is 0.300. The fourth-order valence-electron chi connectivity index (χ4n) is 1.17. The lowest BCUT2D eigenvalue weighted by atomic mass is 10.2. The van der Waals surface area contributed by atoms with Crippen molar-refractivity contribution in [2.24, 2.45) is 0 Å². The van der Waals surface area contributed by atoms with Crippen molar-refractivity contribution in [3.8, 4) is 5.75 Å². The van der Waals surface area contributed by atoms with Crippen molar-refractivity contribution in [1.82, 2.24) is 0 Å². The number of halogens is 2. The van der Waals surface area contributed by atoms with Crippen LogP contribution in [0.2, 0.25) is 10.0 Å². The van der Waals surface area contributed by atoms with Gasteiger partial charge in [0.15, 0.2) is 5.75 Å². The summed E-state index contributed by atoms with van der Waals surface area (Å²) in [6.45, 7) is -0.220. The fourth-order valence-corrected chi connectivity index (χ4v) is 1.75. The number of amides is 1. The summed E-state index contributed by atoms with van der Waals surface area (Å²) >= 11 is 11.7. The number of rotatable bonds is 4. The minimum absolute atomic E-state index is 0.00723. The second-order valence-electron chi connectivity index (χ2n) is 2.99. The van der Waals surface area contributed by atoms with E-state index in [0.717, 1.165) is 0 Å². The molecular formula is C10H11Cl2NO3. The number of hydrogen-bond acceptors (Lipinski definition) is 3. The SMILES string of the molecule is COc1c(Cl)cc(Cl)cc1NC(=O)CCO. The maximum atomic E-state index is 11.3. The minimum Gasteiger partial charge on any atom is -0.493 e. The lowest BCUT2D eigenvalue weighted by Crippen LogP contribution is -2.13. The monoisotopic (exact) mass is 263 g/mol. The summed E-state index contributed by atoms with van der Waals surface area (Å²) in [5, 5.41) is 11.9. The number of nitrogens with one attached hydrogen (secondary N) is 1. The van der Waals surface area contributed by atoms with E-state index in [2.05, 4.69) is 5.32 Å². The maximum Gasteiger partial charge on any atom is 0.226 e. The first-order valence-electron chi connectivity index (χ1n) is 4.52. The number of aliphatic hydroxyl groups excluding tert-OH is 1.